The van der Waals surface area contributed by atoms with Crippen molar-refractivity contribution in [1.82, 2.24) is 0 Å². The number of rotatable bonds is 5. The predicted molar refractivity (Wildman–Crippen MR) is 48.3 cm³/mol. The molecule has 0 aliphatic heterocycles. The number of unbranched alkanes of at least 4 members (excludes halogenated alkanes) is 1. The largest absolute Gasteiger partial charge is 0.457 e. The fourth-order valence-corrected chi connectivity index (χ4v) is 0.601. The van der Waals surface area contributed by atoms with E-state index < -0.39 is 5.97 Å². The van der Waals surface area contributed by atoms with E-state index in [1.807, 2.05) is 6.92 Å². The molecule has 0 atom stereocenters. The quantitative estimate of drug-likeness (QED) is 0.384. The van der Waals surface area contributed by atoms with Gasteiger partial charge in [-0.15, -0.1) is 0 Å². The molecule has 0 fully saturated rings. The molecule has 0 aliphatic rings. The van der Waals surface area contributed by atoms with Crippen LogP contribution in [0.4, 0.5) is 0 Å². The van der Waals surface area contributed by atoms with Gasteiger partial charge in [0.1, 0.15) is 12.3 Å². The average Bonchev–Trinajstić information content (AvgIpc) is 2.10. The lowest BCUT2D eigenvalue weighted by Crippen LogP contribution is -2.14. The summed E-state index contributed by atoms with van der Waals surface area (Å²) in [7, 11) is 0. The molecule has 0 unspecified atom stereocenters. The minimum atomic E-state index is -0.469. The van der Waals surface area contributed by atoms with Gasteiger partial charge in [0, 0.05) is 0 Å². The van der Waals surface area contributed by atoms with Gasteiger partial charge in [0.2, 0.25) is 0 Å². The first-order valence-electron chi connectivity index (χ1n) is 3.96. The van der Waals surface area contributed by atoms with Crippen LogP contribution in [-0.2, 0) is 9.53 Å². The third-order valence-electron chi connectivity index (χ3n) is 1.22. The van der Waals surface area contributed by atoms with Crippen LogP contribution in [0.25, 0.3) is 0 Å². The van der Waals surface area contributed by atoms with E-state index >= 15 is 0 Å². The molecular weight excluding hydrogens is 154 g/mol. The summed E-state index contributed by atoms with van der Waals surface area (Å²) in [6.07, 6.45) is 4.95. The van der Waals surface area contributed by atoms with Gasteiger partial charge in [-0.05, 0) is 6.42 Å². The summed E-state index contributed by atoms with van der Waals surface area (Å²) in [4.78, 5) is 10.9. The lowest BCUT2D eigenvalue weighted by atomic mass is 10.3. The molecule has 0 heterocycles. The number of carbonyl (C=O) groups is 1. The fourth-order valence-electron chi connectivity index (χ4n) is 0.601. The first kappa shape index (κ1) is 10.8. The van der Waals surface area contributed by atoms with Gasteiger partial charge in [0.05, 0.1) is 0 Å². The normalized spacial score (nSPS) is 10.9. The monoisotopic (exact) mass is 169 g/mol. The van der Waals surface area contributed by atoms with E-state index in [1.165, 1.54) is 6.08 Å². The Kier molecular flexibility index (Phi) is 5.79. The molecule has 0 saturated heterocycles. The second-order valence-corrected chi connectivity index (χ2v) is 2.34. The van der Waals surface area contributed by atoms with E-state index in [0.717, 1.165) is 12.8 Å². The Bertz CT molecular complexity index is 185. The van der Waals surface area contributed by atoms with Crippen molar-refractivity contribution in [2.45, 2.75) is 19.8 Å². The number of hydrogen-bond donors (Lipinski definition) is 1. The van der Waals surface area contributed by atoms with Gasteiger partial charge < -0.3 is 10.5 Å². The average molecular weight is 169 g/mol. The maximum absolute atomic E-state index is 10.9. The van der Waals surface area contributed by atoms with Crippen molar-refractivity contribution >= 4 is 5.97 Å². The van der Waals surface area contributed by atoms with E-state index in [1.54, 1.807) is 6.08 Å². The first-order chi connectivity index (χ1) is 5.72. The van der Waals surface area contributed by atoms with Crippen molar-refractivity contribution in [2.75, 3.05) is 6.61 Å². The zero-order valence-electron chi connectivity index (χ0n) is 7.38. The number of hydrogen-bond acceptors (Lipinski definition) is 3. The van der Waals surface area contributed by atoms with Gasteiger partial charge in [0.25, 0.3) is 0 Å². The fraction of sp³-hybridized carbons (Fsp3) is 0.444. The minimum Gasteiger partial charge on any atom is -0.457 e. The van der Waals surface area contributed by atoms with Gasteiger partial charge in [0.15, 0.2) is 0 Å². The van der Waals surface area contributed by atoms with E-state index in [4.69, 9.17) is 10.5 Å². The highest BCUT2D eigenvalue weighted by molar-refractivity contribution is 5.87. The van der Waals surface area contributed by atoms with Crippen molar-refractivity contribution in [2.24, 2.45) is 5.73 Å². The number of ether oxygens (including phenoxy) is 1. The van der Waals surface area contributed by atoms with E-state index in [0.29, 0.717) is 0 Å². The minimum absolute atomic E-state index is 0.179. The zero-order valence-corrected chi connectivity index (χ0v) is 7.38. The Labute approximate surface area is 72.9 Å². The van der Waals surface area contributed by atoms with E-state index in [9.17, 15) is 4.79 Å². The molecule has 0 aromatic rings. The maximum Gasteiger partial charge on any atom is 0.354 e. The van der Waals surface area contributed by atoms with Crippen molar-refractivity contribution in [1.29, 1.82) is 0 Å². The number of esters is 1. The summed E-state index contributed by atoms with van der Waals surface area (Å²) in [5.74, 6) is -0.469. The molecule has 0 saturated carbocycles. The molecule has 3 heteroatoms. The van der Waals surface area contributed by atoms with E-state index in [-0.39, 0.29) is 12.3 Å². The lowest BCUT2D eigenvalue weighted by Gasteiger charge is -2.00. The molecule has 68 valence electrons. The van der Waals surface area contributed by atoms with Crippen molar-refractivity contribution in [3.63, 3.8) is 0 Å². The molecule has 0 spiro atoms. The molecule has 0 radical (unpaired) electrons. The molecular formula is C9H15NO2. The summed E-state index contributed by atoms with van der Waals surface area (Å²) in [6, 6.07) is 0. The van der Waals surface area contributed by atoms with Crippen LogP contribution in [0, 0.1) is 0 Å². The van der Waals surface area contributed by atoms with Crippen LogP contribution in [0.2, 0.25) is 0 Å². The summed E-state index contributed by atoms with van der Waals surface area (Å²) in [6.45, 7) is 5.64. The highest BCUT2D eigenvalue weighted by atomic mass is 16.5. The highest BCUT2D eigenvalue weighted by Gasteiger charge is 2.03. The standard InChI is InChI=1S/C9H15NO2/c1-3-5-6-8(10)9(11)12-7-4-2/h4,6H,2-3,5,7,10H2,1H3. The lowest BCUT2D eigenvalue weighted by molar-refractivity contribution is -0.137. The van der Waals surface area contributed by atoms with Gasteiger partial charge in [-0.1, -0.05) is 32.1 Å². The number of carbonyl (C=O) groups excluding carboxylic acids is 1. The predicted octanol–water partition coefficient (Wildman–Crippen LogP) is 1.36. The highest BCUT2D eigenvalue weighted by Crippen LogP contribution is 1.95. The molecule has 3 nitrogen and oxygen atoms in total. The Morgan fingerprint density at radius 2 is 2.33 bits per heavy atom. The second-order valence-electron chi connectivity index (χ2n) is 2.34. The van der Waals surface area contributed by atoms with Crippen molar-refractivity contribution in [3.8, 4) is 0 Å². The van der Waals surface area contributed by atoms with Crippen LogP contribution < -0.4 is 5.73 Å². The molecule has 0 amide bonds. The molecule has 12 heavy (non-hydrogen) atoms. The van der Waals surface area contributed by atoms with Crippen molar-refractivity contribution < 1.29 is 9.53 Å². The van der Waals surface area contributed by atoms with Gasteiger partial charge >= 0.3 is 5.97 Å². The van der Waals surface area contributed by atoms with Crippen LogP contribution >= 0.6 is 0 Å². The zero-order chi connectivity index (χ0) is 9.40. The van der Waals surface area contributed by atoms with Gasteiger partial charge in [-0.2, -0.15) is 0 Å². The van der Waals surface area contributed by atoms with Gasteiger partial charge in [-0.3, -0.25) is 0 Å². The number of allylic oxidation sites excluding steroid dienone is 1. The van der Waals surface area contributed by atoms with Crippen LogP contribution in [0.1, 0.15) is 19.8 Å². The third kappa shape index (κ3) is 4.55. The summed E-state index contributed by atoms with van der Waals surface area (Å²) >= 11 is 0. The van der Waals surface area contributed by atoms with Crippen molar-refractivity contribution in [3.05, 3.63) is 24.4 Å². The first-order valence-corrected chi connectivity index (χ1v) is 3.96. The third-order valence-corrected chi connectivity index (χ3v) is 1.22. The smallest absolute Gasteiger partial charge is 0.354 e. The number of nitrogens with two attached hydrogens (primary N) is 1. The molecule has 0 bridgehead atoms. The summed E-state index contributed by atoms with van der Waals surface area (Å²) < 4.78 is 4.70. The second kappa shape index (κ2) is 6.46. The van der Waals surface area contributed by atoms with Crippen LogP contribution in [0.15, 0.2) is 24.4 Å². The summed E-state index contributed by atoms with van der Waals surface area (Å²) in [5, 5.41) is 0. The van der Waals surface area contributed by atoms with Crippen LogP contribution in [0.5, 0.6) is 0 Å². The maximum atomic E-state index is 10.9. The molecule has 0 aromatic heterocycles. The molecule has 0 rings (SSSR count). The Morgan fingerprint density at radius 3 is 2.83 bits per heavy atom. The Morgan fingerprint density at radius 1 is 1.67 bits per heavy atom. The molecule has 0 aromatic carbocycles. The topological polar surface area (TPSA) is 52.3 Å². The van der Waals surface area contributed by atoms with E-state index in [2.05, 4.69) is 6.58 Å². The molecule has 0 aliphatic carbocycles. The SMILES string of the molecule is C=CCOC(=O)C(N)=CCCC. The van der Waals surface area contributed by atoms with Crippen LogP contribution in [-0.4, -0.2) is 12.6 Å². The van der Waals surface area contributed by atoms with Gasteiger partial charge in [-0.25, -0.2) is 4.79 Å². The Hall–Kier alpha value is -1.25. The summed E-state index contributed by atoms with van der Waals surface area (Å²) in [5.41, 5.74) is 5.58. The van der Waals surface area contributed by atoms with Crippen LogP contribution in [0.3, 0.4) is 0 Å². The molecule has 2 N–H and O–H groups in total. The Balaban J connectivity index is 3.82.